The van der Waals surface area contributed by atoms with Crippen molar-refractivity contribution < 1.29 is 14.3 Å². The summed E-state index contributed by atoms with van der Waals surface area (Å²) in [6.07, 6.45) is 3.05. The van der Waals surface area contributed by atoms with Crippen LogP contribution in [0.5, 0.6) is 0 Å². The molecule has 0 saturated heterocycles. The first kappa shape index (κ1) is 9.52. The zero-order chi connectivity index (χ0) is 8.97. The Morgan fingerprint density at radius 1 is 1.50 bits per heavy atom. The summed E-state index contributed by atoms with van der Waals surface area (Å²) in [6, 6.07) is 0. The lowest BCUT2D eigenvalue weighted by Gasteiger charge is -2.32. The number of carbonyl (C=O) groups excluding carboxylic acids is 1. The van der Waals surface area contributed by atoms with E-state index >= 15 is 0 Å². The third-order valence-electron chi connectivity index (χ3n) is 2.22. The molecule has 0 N–H and O–H groups in total. The van der Waals surface area contributed by atoms with Crippen molar-refractivity contribution in [2.24, 2.45) is 5.92 Å². The molecule has 1 saturated carbocycles. The Morgan fingerprint density at radius 3 is 2.67 bits per heavy atom. The Balaban J connectivity index is 1.93. The van der Waals surface area contributed by atoms with Gasteiger partial charge in [0.1, 0.15) is 0 Å². The van der Waals surface area contributed by atoms with Gasteiger partial charge < -0.3 is 9.47 Å². The van der Waals surface area contributed by atoms with Gasteiger partial charge in [0.05, 0.1) is 26.2 Å². The summed E-state index contributed by atoms with van der Waals surface area (Å²) in [5, 5.41) is 0. The van der Waals surface area contributed by atoms with E-state index in [1.54, 1.807) is 0 Å². The maximum atomic E-state index is 10.7. The monoisotopic (exact) mass is 172 g/mol. The first-order valence-electron chi connectivity index (χ1n) is 4.40. The summed E-state index contributed by atoms with van der Waals surface area (Å²) in [7, 11) is 1.40. The second-order valence-electron chi connectivity index (χ2n) is 3.40. The fourth-order valence-electron chi connectivity index (χ4n) is 1.38. The van der Waals surface area contributed by atoms with Crippen LogP contribution in [-0.4, -0.2) is 25.8 Å². The largest absolute Gasteiger partial charge is 0.469 e. The fourth-order valence-corrected chi connectivity index (χ4v) is 1.38. The van der Waals surface area contributed by atoms with Crippen LogP contribution < -0.4 is 0 Å². The molecule has 0 atom stereocenters. The van der Waals surface area contributed by atoms with Gasteiger partial charge >= 0.3 is 5.97 Å². The molecular weight excluding hydrogens is 156 g/mol. The molecule has 0 amide bonds. The van der Waals surface area contributed by atoms with Crippen LogP contribution in [0.1, 0.15) is 26.2 Å². The molecule has 1 aliphatic carbocycles. The Labute approximate surface area is 73.0 Å². The second kappa shape index (κ2) is 4.45. The first-order valence-corrected chi connectivity index (χ1v) is 4.40. The first-order chi connectivity index (χ1) is 5.72. The van der Waals surface area contributed by atoms with Crippen LogP contribution in [0.3, 0.4) is 0 Å². The van der Waals surface area contributed by atoms with Gasteiger partial charge in [-0.05, 0) is 18.8 Å². The average Bonchev–Trinajstić information content (AvgIpc) is 2.01. The van der Waals surface area contributed by atoms with E-state index in [0.29, 0.717) is 19.1 Å². The van der Waals surface area contributed by atoms with Gasteiger partial charge in [0.15, 0.2) is 0 Å². The summed E-state index contributed by atoms with van der Waals surface area (Å²) in [5.41, 5.74) is 0. The van der Waals surface area contributed by atoms with Gasteiger partial charge in [-0.3, -0.25) is 4.79 Å². The van der Waals surface area contributed by atoms with Gasteiger partial charge in [0.2, 0.25) is 0 Å². The molecule has 0 spiro atoms. The normalized spacial score (nSPS) is 27.8. The van der Waals surface area contributed by atoms with E-state index in [9.17, 15) is 4.79 Å². The van der Waals surface area contributed by atoms with E-state index in [2.05, 4.69) is 11.7 Å². The highest BCUT2D eigenvalue weighted by Gasteiger charge is 2.25. The molecule has 1 rings (SSSR count). The quantitative estimate of drug-likeness (QED) is 0.601. The molecule has 3 heteroatoms. The summed E-state index contributed by atoms with van der Waals surface area (Å²) in [4.78, 5) is 10.7. The van der Waals surface area contributed by atoms with Crippen molar-refractivity contribution in [2.45, 2.75) is 32.3 Å². The van der Waals surface area contributed by atoms with Crippen LogP contribution in [0.15, 0.2) is 0 Å². The maximum Gasteiger partial charge on any atom is 0.307 e. The summed E-state index contributed by atoms with van der Waals surface area (Å²) >= 11 is 0. The van der Waals surface area contributed by atoms with Crippen molar-refractivity contribution in [1.29, 1.82) is 0 Å². The molecule has 0 radical (unpaired) electrons. The molecule has 12 heavy (non-hydrogen) atoms. The van der Waals surface area contributed by atoms with E-state index in [-0.39, 0.29) is 5.97 Å². The lowest BCUT2D eigenvalue weighted by Crippen LogP contribution is -2.30. The van der Waals surface area contributed by atoms with E-state index < -0.39 is 0 Å². The minimum absolute atomic E-state index is 0.192. The smallest absolute Gasteiger partial charge is 0.307 e. The standard InChI is InChI=1S/C9H16O3/c1-7-5-8(6-7)12-4-3-9(10)11-2/h7-8H,3-6H2,1-2H3. The zero-order valence-electron chi connectivity index (χ0n) is 7.71. The minimum atomic E-state index is -0.192. The zero-order valence-corrected chi connectivity index (χ0v) is 7.71. The summed E-state index contributed by atoms with van der Waals surface area (Å²) in [5.74, 6) is 0.607. The highest BCUT2D eigenvalue weighted by molar-refractivity contribution is 5.69. The Bertz CT molecular complexity index is 150. The number of methoxy groups -OCH3 is 1. The van der Waals surface area contributed by atoms with Crippen LogP contribution >= 0.6 is 0 Å². The molecule has 1 aliphatic rings. The topological polar surface area (TPSA) is 35.5 Å². The Kier molecular flexibility index (Phi) is 3.53. The van der Waals surface area contributed by atoms with Crippen LogP contribution in [0.25, 0.3) is 0 Å². The van der Waals surface area contributed by atoms with Crippen molar-refractivity contribution in [3.05, 3.63) is 0 Å². The van der Waals surface area contributed by atoms with Gasteiger partial charge in [-0.25, -0.2) is 0 Å². The molecule has 0 bridgehead atoms. The van der Waals surface area contributed by atoms with Crippen LogP contribution in [0.4, 0.5) is 0 Å². The molecule has 0 heterocycles. The number of hydrogen-bond donors (Lipinski definition) is 0. The molecule has 1 fully saturated rings. The van der Waals surface area contributed by atoms with Gasteiger partial charge in [-0.1, -0.05) is 6.92 Å². The van der Waals surface area contributed by atoms with Crippen molar-refractivity contribution in [3.63, 3.8) is 0 Å². The van der Waals surface area contributed by atoms with E-state index in [1.807, 2.05) is 0 Å². The highest BCUT2D eigenvalue weighted by atomic mass is 16.5. The van der Waals surface area contributed by atoms with E-state index in [4.69, 9.17) is 4.74 Å². The number of carbonyl (C=O) groups is 1. The van der Waals surface area contributed by atoms with E-state index in [1.165, 1.54) is 7.11 Å². The van der Waals surface area contributed by atoms with Crippen molar-refractivity contribution in [3.8, 4) is 0 Å². The summed E-state index contributed by atoms with van der Waals surface area (Å²) in [6.45, 7) is 2.71. The van der Waals surface area contributed by atoms with Crippen molar-refractivity contribution in [1.82, 2.24) is 0 Å². The summed E-state index contributed by atoms with van der Waals surface area (Å²) < 4.78 is 9.91. The van der Waals surface area contributed by atoms with Gasteiger partial charge in [-0.15, -0.1) is 0 Å². The van der Waals surface area contributed by atoms with Gasteiger partial charge in [0.25, 0.3) is 0 Å². The van der Waals surface area contributed by atoms with Crippen LogP contribution in [0.2, 0.25) is 0 Å². The number of esters is 1. The molecule has 0 aliphatic heterocycles. The van der Waals surface area contributed by atoms with E-state index in [0.717, 1.165) is 18.8 Å². The van der Waals surface area contributed by atoms with Crippen LogP contribution in [0, 0.1) is 5.92 Å². The highest BCUT2D eigenvalue weighted by Crippen LogP contribution is 2.28. The molecule has 0 aromatic rings. The third kappa shape index (κ3) is 2.81. The van der Waals surface area contributed by atoms with Gasteiger partial charge in [-0.2, -0.15) is 0 Å². The predicted molar refractivity (Wildman–Crippen MR) is 44.8 cm³/mol. The third-order valence-corrected chi connectivity index (χ3v) is 2.22. The molecule has 0 aromatic carbocycles. The lowest BCUT2D eigenvalue weighted by atomic mass is 9.84. The van der Waals surface area contributed by atoms with Gasteiger partial charge in [0, 0.05) is 0 Å². The average molecular weight is 172 g/mol. The SMILES string of the molecule is COC(=O)CCOC1CC(C)C1. The predicted octanol–water partition coefficient (Wildman–Crippen LogP) is 1.36. The van der Waals surface area contributed by atoms with Crippen molar-refractivity contribution >= 4 is 5.97 Å². The Morgan fingerprint density at radius 2 is 2.17 bits per heavy atom. The molecule has 0 aromatic heterocycles. The number of rotatable bonds is 4. The maximum absolute atomic E-state index is 10.7. The number of ether oxygens (including phenoxy) is 2. The molecule has 0 unspecified atom stereocenters. The number of hydrogen-bond acceptors (Lipinski definition) is 3. The second-order valence-corrected chi connectivity index (χ2v) is 3.40. The molecule has 70 valence electrons. The minimum Gasteiger partial charge on any atom is -0.469 e. The lowest BCUT2D eigenvalue weighted by molar-refractivity contribution is -0.143. The molecule has 3 nitrogen and oxygen atoms in total. The van der Waals surface area contributed by atoms with Crippen LogP contribution in [-0.2, 0) is 14.3 Å². The Hall–Kier alpha value is -0.570. The molecular formula is C9H16O3. The van der Waals surface area contributed by atoms with Crippen molar-refractivity contribution in [2.75, 3.05) is 13.7 Å². The fraction of sp³-hybridized carbons (Fsp3) is 0.889.